The van der Waals surface area contributed by atoms with Gasteiger partial charge in [0, 0.05) is 12.3 Å². The summed E-state index contributed by atoms with van der Waals surface area (Å²) in [6, 6.07) is 9.31. The lowest BCUT2D eigenvalue weighted by Crippen LogP contribution is -2.10. The first-order valence-electron chi connectivity index (χ1n) is 7.12. The zero-order valence-electron chi connectivity index (χ0n) is 11.2. The zero-order valence-corrected chi connectivity index (χ0v) is 11.2. The lowest BCUT2D eigenvalue weighted by atomic mass is 10.0. The summed E-state index contributed by atoms with van der Waals surface area (Å²) >= 11 is 0. The van der Waals surface area contributed by atoms with E-state index in [0.717, 1.165) is 5.56 Å². The van der Waals surface area contributed by atoms with E-state index in [1.165, 1.54) is 4.68 Å². The van der Waals surface area contributed by atoms with Gasteiger partial charge in [-0.1, -0.05) is 30.3 Å². The van der Waals surface area contributed by atoms with Gasteiger partial charge in [0.15, 0.2) is 17.8 Å². The monoisotopic (exact) mass is 291 g/mol. The van der Waals surface area contributed by atoms with E-state index in [1.54, 1.807) is 0 Å². The third-order valence-corrected chi connectivity index (χ3v) is 4.29. The molecule has 110 valence electrons. The molecule has 2 heterocycles. The largest absolute Gasteiger partial charge is 0.385 e. The Hall–Kier alpha value is -1.82. The van der Waals surface area contributed by atoms with Crippen molar-refractivity contribution in [2.45, 2.75) is 37.3 Å². The minimum absolute atomic E-state index is 0.137. The number of nitrogens with zero attached hydrogens (tertiary/aromatic N) is 3. The zero-order chi connectivity index (χ0) is 14.6. The quantitative estimate of drug-likeness (QED) is 0.946. The molecule has 0 spiro atoms. The minimum Gasteiger partial charge on any atom is -0.385 e. The molecule has 2 aliphatic rings. The summed E-state index contributed by atoms with van der Waals surface area (Å²) in [6.45, 7) is 0. The topological polar surface area (TPSA) is 50.9 Å². The molecule has 5 unspecified atom stereocenters. The first kappa shape index (κ1) is 12.9. The number of aromatic nitrogens is 3. The van der Waals surface area contributed by atoms with Crippen molar-refractivity contribution in [1.82, 2.24) is 14.8 Å². The Labute approximate surface area is 120 Å². The number of fused-ring (bicyclic) bond motifs is 1. The maximum absolute atomic E-state index is 14.1. The molecule has 0 bridgehead atoms. The molecular formula is C15H15F2N3O. The number of alkyl halides is 2. The van der Waals surface area contributed by atoms with E-state index in [9.17, 15) is 13.9 Å². The number of aliphatic hydroxyl groups is 1. The molecule has 2 aromatic rings. The highest BCUT2D eigenvalue weighted by Crippen LogP contribution is 2.45. The third-order valence-electron chi connectivity index (χ3n) is 4.29. The Kier molecular flexibility index (Phi) is 2.82. The summed E-state index contributed by atoms with van der Waals surface area (Å²) in [4.78, 5) is 4.10. The van der Waals surface area contributed by atoms with Gasteiger partial charge in [-0.15, -0.1) is 0 Å². The minimum atomic E-state index is -1.20. The van der Waals surface area contributed by atoms with E-state index in [1.807, 2.05) is 30.3 Å². The number of benzene rings is 1. The van der Waals surface area contributed by atoms with Gasteiger partial charge < -0.3 is 5.11 Å². The molecule has 0 amide bonds. The predicted octanol–water partition coefficient (Wildman–Crippen LogP) is 2.67. The summed E-state index contributed by atoms with van der Waals surface area (Å²) in [5, 5.41) is 14.3. The first-order valence-corrected chi connectivity index (χ1v) is 7.12. The van der Waals surface area contributed by atoms with Crippen molar-refractivity contribution < 1.29 is 13.9 Å². The van der Waals surface area contributed by atoms with Gasteiger partial charge in [-0.2, -0.15) is 5.10 Å². The SMILES string of the molecule is OC(c1nc2n(n1)C(c1ccccc1)CC2F)C1CC1F. The Balaban J connectivity index is 1.68. The van der Waals surface area contributed by atoms with E-state index < -0.39 is 24.4 Å². The van der Waals surface area contributed by atoms with Gasteiger partial charge in [-0.3, -0.25) is 0 Å². The van der Waals surface area contributed by atoms with Crippen molar-refractivity contribution in [1.29, 1.82) is 0 Å². The van der Waals surface area contributed by atoms with Crippen molar-refractivity contribution in [3.05, 3.63) is 47.5 Å². The summed E-state index contributed by atoms with van der Waals surface area (Å²) in [5.74, 6) is -0.0752. The normalized spacial score (nSPS) is 32.0. The average molecular weight is 291 g/mol. The molecule has 4 nitrogen and oxygen atoms in total. The number of hydrogen-bond acceptors (Lipinski definition) is 3. The molecule has 1 aliphatic heterocycles. The summed E-state index contributed by atoms with van der Waals surface area (Å²) < 4.78 is 28.7. The smallest absolute Gasteiger partial charge is 0.179 e. The molecule has 5 atom stereocenters. The van der Waals surface area contributed by atoms with Crippen LogP contribution in [0.2, 0.25) is 0 Å². The fraction of sp³-hybridized carbons (Fsp3) is 0.467. The van der Waals surface area contributed by atoms with Crippen LogP contribution in [-0.2, 0) is 0 Å². The van der Waals surface area contributed by atoms with Crippen LogP contribution in [0.25, 0.3) is 0 Å². The second kappa shape index (κ2) is 4.59. The molecule has 4 rings (SSSR count). The third kappa shape index (κ3) is 2.05. The van der Waals surface area contributed by atoms with Gasteiger partial charge in [-0.25, -0.2) is 18.4 Å². The molecule has 1 aromatic carbocycles. The maximum Gasteiger partial charge on any atom is 0.179 e. The molecule has 1 N–H and O–H groups in total. The van der Waals surface area contributed by atoms with E-state index in [-0.39, 0.29) is 17.7 Å². The Morgan fingerprint density at radius 1 is 1.19 bits per heavy atom. The predicted molar refractivity (Wildman–Crippen MR) is 71.0 cm³/mol. The summed E-state index contributed by atoms with van der Waals surface area (Å²) in [5.41, 5.74) is 0.958. The lowest BCUT2D eigenvalue weighted by Gasteiger charge is -2.12. The summed E-state index contributed by atoms with van der Waals surface area (Å²) in [7, 11) is 0. The number of halogens is 2. The number of aliphatic hydroxyl groups excluding tert-OH is 1. The van der Waals surface area contributed by atoms with Crippen LogP contribution in [0.5, 0.6) is 0 Å². The Morgan fingerprint density at radius 3 is 2.57 bits per heavy atom. The standard InChI is InChI=1S/C15H15F2N3O/c16-10-6-9(10)13(21)14-18-15-11(17)7-12(20(15)19-14)8-4-2-1-3-5-8/h1-5,9-13,21H,6-7H2. The fourth-order valence-corrected chi connectivity index (χ4v) is 2.97. The first-order chi connectivity index (χ1) is 10.1. The van der Waals surface area contributed by atoms with Gasteiger partial charge in [-0.05, 0) is 12.0 Å². The van der Waals surface area contributed by atoms with Crippen LogP contribution in [0.15, 0.2) is 30.3 Å². The molecule has 1 fully saturated rings. The van der Waals surface area contributed by atoms with Crippen LogP contribution < -0.4 is 0 Å². The van der Waals surface area contributed by atoms with E-state index >= 15 is 0 Å². The van der Waals surface area contributed by atoms with Gasteiger partial charge in [0.05, 0.1) is 6.04 Å². The second-order valence-corrected chi connectivity index (χ2v) is 5.76. The van der Waals surface area contributed by atoms with E-state index in [0.29, 0.717) is 12.8 Å². The van der Waals surface area contributed by atoms with Crippen molar-refractivity contribution in [3.8, 4) is 0 Å². The van der Waals surface area contributed by atoms with Crippen LogP contribution in [0.3, 0.4) is 0 Å². The van der Waals surface area contributed by atoms with E-state index in [4.69, 9.17) is 0 Å². The highest BCUT2D eigenvalue weighted by molar-refractivity contribution is 5.24. The second-order valence-electron chi connectivity index (χ2n) is 5.76. The van der Waals surface area contributed by atoms with Crippen LogP contribution in [-0.4, -0.2) is 26.0 Å². The van der Waals surface area contributed by atoms with Crippen molar-refractivity contribution >= 4 is 0 Å². The van der Waals surface area contributed by atoms with Crippen molar-refractivity contribution in [2.75, 3.05) is 0 Å². The van der Waals surface area contributed by atoms with Gasteiger partial charge in [0.1, 0.15) is 12.3 Å². The van der Waals surface area contributed by atoms with E-state index in [2.05, 4.69) is 10.1 Å². The molecule has 21 heavy (non-hydrogen) atoms. The average Bonchev–Trinajstić information content (AvgIpc) is 2.95. The highest BCUT2D eigenvalue weighted by Gasteiger charge is 2.46. The molecule has 1 aromatic heterocycles. The maximum atomic E-state index is 14.1. The van der Waals surface area contributed by atoms with Crippen LogP contribution >= 0.6 is 0 Å². The molecule has 1 aliphatic carbocycles. The molecular weight excluding hydrogens is 276 g/mol. The summed E-state index contributed by atoms with van der Waals surface area (Å²) in [6.07, 6.45) is -2.62. The number of rotatable bonds is 3. The van der Waals surface area contributed by atoms with Gasteiger partial charge in [0.2, 0.25) is 0 Å². The van der Waals surface area contributed by atoms with Crippen molar-refractivity contribution in [3.63, 3.8) is 0 Å². The Morgan fingerprint density at radius 2 is 1.90 bits per heavy atom. The molecule has 6 heteroatoms. The molecule has 0 saturated heterocycles. The van der Waals surface area contributed by atoms with Gasteiger partial charge >= 0.3 is 0 Å². The molecule has 0 radical (unpaired) electrons. The van der Waals surface area contributed by atoms with Crippen LogP contribution in [0.1, 0.15) is 48.4 Å². The van der Waals surface area contributed by atoms with Crippen LogP contribution in [0.4, 0.5) is 8.78 Å². The number of hydrogen-bond donors (Lipinski definition) is 1. The lowest BCUT2D eigenvalue weighted by molar-refractivity contribution is 0.131. The van der Waals surface area contributed by atoms with Crippen molar-refractivity contribution in [2.24, 2.45) is 5.92 Å². The fourth-order valence-electron chi connectivity index (χ4n) is 2.97. The molecule has 1 saturated carbocycles. The Bertz CT molecular complexity index is 660. The highest BCUT2D eigenvalue weighted by atomic mass is 19.1. The van der Waals surface area contributed by atoms with Crippen LogP contribution in [0, 0.1) is 5.92 Å². The van der Waals surface area contributed by atoms with Gasteiger partial charge in [0.25, 0.3) is 0 Å².